The van der Waals surface area contributed by atoms with Crippen LogP contribution in [0, 0.1) is 5.92 Å². The summed E-state index contributed by atoms with van der Waals surface area (Å²) in [6.07, 6.45) is 7.15. The van der Waals surface area contributed by atoms with Gasteiger partial charge in [0.1, 0.15) is 0 Å². The topological polar surface area (TPSA) is 85.8 Å². The Kier molecular flexibility index (Phi) is 10.9. The summed E-state index contributed by atoms with van der Waals surface area (Å²) in [5, 5.41) is 9.61. The molecule has 150 valence electrons. The second kappa shape index (κ2) is 12.3. The molecule has 0 spiro atoms. The first-order valence-corrected chi connectivity index (χ1v) is 9.66. The molecule has 0 aromatic carbocycles. The van der Waals surface area contributed by atoms with Crippen molar-refractivity contribution in [2.45, 2.75) is 57.9 Å². The molecule has 26 heavy (non-hydrogen) atoms. The van der Waals surface area contributed by atoms with Crippen LogP contribution in [0.2, 0.25) is 0 Å². The average molecular weight is 479 g/mol. The molecule has 1 saturated carbocycles. The number of guanidine groups is 1. The van der Waals surface area contributed by atoms with E-state index in [1.807, 2.05) is 11.8 Å². The number of nitrogens with one attached hydrogen (secondary N) is 3. The second-order valence-corrected chi connectivity index (χ2v) is 6.95. The maximum atomic E-state index is 12.1. The summed E-state index contributed by atoms with van der Waals surface area (Å²) in [7, 11) is 1.74. The van der Waals surface area contributed by atoms with Gasteiger partial charge in [-0.05, 0) is 19.3 Å². The van der Waals surface area contributed by atoms with Gasteiger partial charge in [0.25, 0.3) is 0 Å². The largest absolute Gasteiger partial charge is 0.355 e. The minimum atomic E-state index is 0. The Morgan fingerprint density at radius 1 is 1.08 bits per heavy atom. The molecule has 0 aromatic heterocycles. The van der Waals surface area contributed by atoms with Crippen molar-refractivity contribution >= 4 is 41.8 Å². The van der Waals surface area contributed by atoms with Crippen molar-refractivity contribution in [1.29, 1.82) is 0 Å². The highest BCUT2D eigenvalue weighted by Gasteiger charge is 2.25. The lowest BCUT2D eigenvalue weighted by atomic mass is 9.89. The van der Waals surface area contributed by atoms with Crippen molar-refractivity contribution in [2.75, 3.05) is 33.2 Å². The Labute approximate surface area is 174 Å². The average Bonchev–Trinajstić information content (AvgIpc) is 3.12. The first kappa shape index (κ1) is 23.0. The molecule has 1 aliphatic heterocycles. The molecule has 7 nitrogen and oxygen atoms in total. The van der Waals surface area contributed by atoms with E-state index < -0.39 is 0 Å². The van der Waals surface area contributed by atoms with Crippen molar-refractivity contribution in [3.8, 4) is 0 Å². The Hall–Kier alpha value is -1.06. The number of carbonyl (C=O) groups is 2. The quantitative estimate of drug-likeness (QED) is 0.233. The number of carbonyl (C=O) groups excluding carboxylic acids is 2. The summed E-state index contributed by atoms with van der Waals surface area (Å²) >= 11 is 0. The summed E-state index contributed by atoms with van der Waals surface area (Å²) in [6, 6.07) is 0.235. The number of nitrogens with zero attached hydrogens (tertiary/aromatic N) is 2. The second-order valence-electron chi connectivity index (χ2n) is 6.95. The summed E-state index contributed by atoms with van der Waals surface area (Å²) < 4.78 is 0. The van der Waals surface area contributed by atoms with Crippen molar-refractivity contribution in [3.05, 3.63) is 0 Å². The van der Waals surface area contributed by atoms with Gasteiger partial charge in [0.15, 0.2) is 5.96 Å². The van der Waals surface area contributed by atoms with E-state index in [0.29, 0.717) is 19.5 Å². The van der Waals surface area contributed by atoms with Crippen molar-refractivity contribution in [1.82, 2.24) is 20.9 Å². The molecule has 0 aromatic rings. The predicted octanol–water partition coefficient (Wildman–Crippen LogP) is 1.48. The van der Waals surface area contributed by atoms with E-state index in [1.165, 1.54) is 19.3 Å². The number of amides is 2. The molecule has 8 heteroatoms. The first-order valence-electron chi connectivity index (χ1n) is 9.66. The van der Waals surface area contributed by atoms with Crippen LogP contribution >= 0.6 is 24.0 Å². The summed E-state index contributed by atoms with van der Waals surface area (Å²) in [5.74, 6) is 1.32. The molecular weight excluding hydrogens is 445 g/mol. The molecule has 2 amide bonds. The first-order chi connectivity index (χ1) is 12.1. The number of likely N-dealkylation sites (tertiary alicyclic amines) is 1. The molecule has 2 fully saturated rings. The molecule has 1 aliphatic carbocycles. The van der Waals surface area contributed by atoms with E-state index in [9.17, 15) is 9.59 Å². The van der Waals surface area contributed by atoms with E-state index in [-0.39, 0.29) is 47.8 Å². The number of hydrogen-bond donors (Lipinski definition) is 3. The number of hydrogen-bond acceptors (Lipinski definition) is 3. The van der Waals surface area contributed by atoms with Crippen LogP contribution in [0.1, 0.15) is 51.9 Å². The Morgan fingerprint density at radius 2 is 1.77 bits per heavy atom. The van der Waals surface area contributed by atoms with Crippen molar-refractivity contribution < 1.29 is 9.59 Å². The number of rotatable bonds is 6. The van der Waals surface area contributed by atoms with Crippen LogP contribution in [0.5, 0.6) is 0 Å². The fraction of sp³-hybridized carbons (Fsp3) is 0.833. The third-order valence-electron chi connectivity index (χ3n) is 5.10. The molecule has 3 N–H and O–H groups in total. The number of halogens is 1. The van der Waals surface area contributed by atoms with E-state index >= 15 is 0 Å². The maximum absolute atomic E-state index is 12.1. The Bertz CT molecular complexity index is 480. The van der Waals surface area contributed by atoms with Crippen LogP contribution in [-0.2, 0) is 9.59 Å². The van der Waals surface area contributed by atoms with Crippen LogP contribution in [0.3, 0.4) is 0 Å². The normalized spacial score (nSPS) is 21.1. The van der Waals surface area contributed by atoms with Gasteiger partial charge in [-0.1, -0.05) is 26.2 Å². The lowest BCUT2D eigenvalue weighted by molar-refractivity contribution is -0.129. The van der Waals surface area contributed by atoms with E-state index in [4.69, 9.17) is 0 Å². The maximum Gasteiger partial charge on any atom is 0.223 e. The fourth-order valence-corrected chi connectivity index (χ4v) is 3.59. The van der Waals surface area contributed by atoms with E-state index in [1.54, 1.807) is 7.05 Å². The number of aliphatic imine (C=N–C) groups is 1. The van der Waals surface area contributed by atoms with Crippen molar-refractivity contribution in [2.24, 2.45) is 10.9 Å². The lowest BCUT2D eigenvalue weighted by Crippen LogP contribution is -2.47. The zero-order valence-corrected chi connectivity index (χ0v) is 18.4. The van der Waals surface area contributed by atoms with E-state index in [0.717, 1.165) is 38.3 Å². The van der Waals surface area contributed by atoms with Gasteiger partial charge in [0.05, 0.1) is 0 Å². The summed E-state index contributed by atoms with van der Waals surface area (Å²) in [4.78, 5) is 30.0. The van der Waals surface area contributed by atoms with Crippen LogP contribution in [0.25, 0.3) is 0 Å². The van der Waals surface area contributed by atoms with Crippen LogP contribution in [-0.4, -0.2) is 61.9 Å². The van der Waals surface area contributed by atoms with Crippen LogP contribution in [0.4, 0.5) is 0 Å². The highest BCUT2D eigenvalue weighted by atomic mass is 127. The van der Waals surface area contributed by atoms with Gasteiger partial charge in [-0.2, -0.15) is 0 Å². The minimum absolute atomic E-state index is 0. The Morgan fingerprint density at radius 3 is 2.42 bits per heavy atom. The third kappa shape index (κ3) is 7.28. The highest BCUT2D eigenvalue weighted by Crippen LogP contribution is 2.23. The molecule has 1 unspecified atom stereocenters. The highest BCUT2D eigenvalue weighted by molar-refractivity contribution is 14.0. The molecule has 1 heterocycles. The molecule has 0 bridgehead atoms. The zero-order chi connectivity index (χ0) is 18.1. The molecule has 1 atom stereocenters. The summed E-state index contributed by atoms with van der Waals surface area (Å²) in [6.45, 7) is 4.67. The molecular formula is C18H34IN5O2. The van der Waals surface area contributed by atoms with Gasteiger partial charge in [-0.15, -0.1) is 24.0 Å². The third-order valence-corrected chi connectivity index (χ3v) is 5.10. The predicted molar refractivity (Wildman–Crippen MR) is 115 cm³/mol. The molecule has 2 aliphatic rings. The zero-order valence-electron chi connectivity index (χ0n) is 16.1. The van der Waals surface area contributed by atoms with Gasteiger partial charge in [0, 0.05) is 51.6 Å². The minimum Gasteiger partial charge on any atom is -0.355 e. The van der Waals surface area contributed by atoms with E-state index in [2.05, 4.69) is 20.9 Å². The smallest absolute Gasteiger partial charge is 0.223 e. The van der Waals surface area contributed by atoms with Crippen LogP contribution in [0.15, 0.2) is 4.99 Å². The van der Waals surface area contributed by atoms with Gasteiger partial charge in [0.2, 0.25) is 11.8 Å². The fourth-order valence-electron chi connectivity index (χ4n) is 3.59. The molecule has 1 saturated heterocycles. The molecule has 0 radical (unpaired) electrons. The van der Waals surface area contributed by atoms with Gasteiger partial charge in [-0.25, -0.2) is 0 Å². The monoisotopic (exact) mass is 479 g/mol. The van der Waals surface area contributed by atoms with Crippen molar-refractivity contribution in [3.63, 3.8) is 0 Å². The Balaban J connectivity index is 0.00000338. The lowest BCUT2D eigenvalue weighted by Gasteiger charge is -2.21. The van der Waals surface area contributed by atoms with Gasteiger partial charge >= 0.3 is 0 Å². The summed E-state index contributed by atoms with van der Waals surface area (Å²) in [5.41, 5.74) is 0. The van der Waals surface area contributed by atoms with Gasteiger partial charge < -0.3 is 20.9 Å². The standard InChI is InChI=1S/C18H33N5O2.HI/c1-3-16(24)23-12-9-15(13-23)22-18(19-2)21-11-10-20-17(25)14-7-5-4-6-8-14;/h14-15H,3-13H2,1-2H3,(H,20,25)(H2,19,21,22);1H. The van der Waals surface area contributed by atoms with Crippen LogP contribution < -0.4 is 16.0 Å². The van der Waals surface area contributed by atoms with Gasteiger partial charge in [-0.3, -0.25) is 14.6 Å². The SMILES string of the molecule is CCC(=O)N1CCC(NC(=NC)NCCNC(=O)C2CCCCC2)C1.I. The molecule has 2 rings (SSSR count).